The molecule has 156 valence electrons. The lowest BCUT2D eigenvalue weighted by molar-refractivity contribution is 0.0402. The number of fused-ring (bicyclic) bond motifs is 1. The van der Waals surface area contributed by atoms with Gasteiger partial charge in [-0.3, -0.25) is 0 Å². The minimum absolute atomic E-state index is 0.176. The first-order valence-corrected chi connectivity index (χ1v) is 10.1. The van der Waals surface area contributed by atoms with Crippen LogP contribution >= 0.6 is 0 Å². The predicted octanol–water partition coefficient (Wildman–Crippen LogP) is 2.95. The zero-order valence-corrected chi connectivity index (χ0v) is 17.2. The lowest BCUT2D eigenvalue weighted by Crippen LogP contribution is -2.31. The highest BCUT2D eigenvalue weighted by atomic mass is 16.6. The van der Waals surface area contributed by atoms with E-state index in [0.29, 0.717) is 6.54 Å². The smallest absolute Gasteiger partial charge is 0.160 e. The van der Waals surface area contributed by atoms with Crippen LogP contribution in [0.2, 0.25) is 0 Å². The third kappa shape index (κ3) is 5.95. The van der Waals surface area contributed by atoms with Gasteiger partial charge in [-0.2, -0.15) is 0 Å². The molecule has 1 aliphatic carbocycles. The van der Waals surface area contributed by atoms with E-state index in [-0.39, 0.29) is 6.61 Å². The van der Waals surface area contributed by atoms with Crippen molar-refractivity contribution < 1.29 is 19.4 Å². The summed E-state index contributed by atoms with van der Waals surface area (Å²) in [6.07, 6.45) is 3.30. The fourth-order valence-corrected chi connectivity index (χ4v) is 3.49. The van der Waals surface area contributed by atoms with Gasteiger partial charge in [0.05, 0.1) is 19.9 Å². The van der Waals surface area contributed by atoms with Gasteiger partial charge in [-0.15, -0.1) is 0 Å². The third-order valence-electron chi connectivity index (χ3n) is 5.05. The molecule has 0 heterocycles. The number of nitrogens with zero attached hydrogens (tertiary/aromatic N) is 1. The van der Waals surface area contributed by atoms with E-state index in [1.807, 2.05) is 24.3 Å². The summed E-state index contributed by atoms with van der Waals surface area (Å²) in [6, 6.07) is 14.2. The summed E-state index contributed by atoms with van der Waals surface area (Å²) in [7, 11) is 3.26. The van der Waals surface area contributed by atoms with Crippen LogP contribution in [0.3, 0.4) is 0 Å². The Kier molecular flexibility index (Phi) is 7.90. The second-order valence-electron chi connectivity index (χ2n) is 7.14. The first-order chi connectivity index (χ1) is 14.2. The molecule has 1 aliphatic rings. The predicted molar refractivity (Wildman–Crippen MR) is 114 cm³/mol. The molecule has 0 spiro atoms. The van der Waals surface area contributed by atoms with Crippen LogP contribution in [-0.2, 0) is 17.7 Å². The van der Waals surface area contributed by atoms with Gasteiger partial charge in [-0.1, -0.05) is 35.5 Å². The number of aryl methyl sites for hydroxylation is 1. The minimum atomic E-state index is -0.608. The Balaban J connectivity index is 1.38. The van der Waals surface area contributed by atoms with E-state index in [2.05, 4.69) is 28.7 Å². The van der Waals surface area contributed by atoms with E-state index >= 15 is 0 Å². The molecule has 0 amide bonds. The molecule has 2 aromatic rings. The second-order valence-corrected chi connectivity index (χ2v) is 7.14. The van der Waals surface area contributed by atoms with E-state index in [1.54, 1.807) is 14.2 Å². The highest BCUT2D eigenvalue weighted by molar-refractivity contribution is 6.02. The fourth-order valence-electron chi connectivity index (χ4n) is 3.49. The molecule has 0 radical (unpaired) electrons. The number of benzene rings is 2. The maximum absolute atomic E-state index is 10.1. The van der Waals surface area contributed by atoms with Crippen molar-refractivity contribution in [1.82, 2.24) is 5.32 Å². The molecule has 0 saturated heterocycles. The molecule has 2 N–H and O–H groups in total. The number of hydrogen-bond acceptors (Lipinski definition) is 6. The highest BCUT2D eigenvalue weighted by Crippen LogP contribution is 2.27. The summed E-state index contributed by atoms with van der Waals surface area (Å²) in [6.45, 7) is 1.37. The van der Waals surface area contributed by atoms with Gasteiger partial charge in [0.15, 0.2) is 11.5 Å². The summed E-state index contributed by atoms with van der Waals surface area (Å²) in [4.78, 5) is 5.43. The molecule has 0 fully saturated rings. The number of methoxy groups -OCH3 is 2. The van der Waals surface area contributed by atoms with E-state index in [4.69, 9.17) is 14.3 Å². The molecule has 3 rings (SSSR count). The Morgan fingerprint density at radius 1 is 1.07 bits per heavy atom. The van der Waals surface area contributed by atoms with Gasteiger partial charge in [0.1, 0.15) is 12.7 Å². The average Bonchev–Trinajstić information content (AvgIpc) is 2.76. The van der Waals surface area contributed by atoms with Gasteiger partial charge in [-0.05, 0) is 55.5 Å². The largest absolute Gasteiger partial charge is 0.493 e. The zero-order valence-electron chi connectivity index (χ0n) is 17.2. The molecule has 2 aromatic carbocycles. The summed E-state index contributed by atoms with van der Waals surface area (Å²) >= 11 is 0. The van der Waals surface area contributed by atoms with E-state index in [9.17, 15) is 5.11 Å². The molecule has 29 heavy (non-hydrogen) atoms. The molecule has 0 aliphatic heterocycles. The minimum Gasteiger partial charge on any atom is -0.493 e. The van der Waals surface area contributed by atoms with E-state index < -0.39 is 6.10 Å². The van der Waals surface area contributed by atoms with Crippen molar-refractivity contribution in [3.8, 4) is 11.5 Å². The molecule has 0 bridgehead atoms. The van der Waals surface area contributed by atoms with Crippen molar-refractivity contribution in [1.29, 1.82) is 0 Å². The normalized spacial score (nSPS) is 15.6. The number of aliphatic hydroxyl groups excluding tert-OH is 1. The third-order valence-corrected chi connectivity index (χ3v) is 5.05. The summed E-state index contributed by atoms with van der Waals surface area (Å²) in [5.74, 6) is 1.45. The van der Waals surface area contributed by atoms with Crippen molar-refractivity contribution in [2.75, 3.05) is 33.9 Å². The SMILES string of the molecule is COc1ccc(CCNCC(O)CO/N=C2\CCCc3ccccc32)cc1OC. The van der Waals surface area contributed by atoms with Crippen LogP contribution in [0.1, 0.15) is 29.5 Å². The number of ether oxygens (including phenoxy) is 2. The van der Waals surface area contributed by atoms with Crippen LogP contribution in [0.15, 0.2) is 47.6 Å². The van der Waals surface area contributed by atoms with Gasteiger partial charge in [-0.25, -0.2) is 0 Å². The number of oxime groups is 1. The highest BCUT2D eigenvalue weighted by Gasteiger charge is 2.15. The quantitative estimate of drug-likeness (QED) is 0.476. The number of nitrogens with one attached hydrogen (secondary N) is 1. The molecular formula is C23H30N2O4. The van der Waals surface area contributed by atoms with Crippen LogP contribution in [0, 0.1) is 0 Å². The van der Waals surface area contributed by atoms with Crippen molar-refractivity contribution in [2.45, 2.75) is 31.8 Å². The van der Waals surface area contributed by atoms with Crippen LogP contribution in [-0.4, -0.2) is 50.8 Å². The first kappa shape index (κ1) is 21.1. The average molecular weight is 399 g/mol. The second kappa shape index (κ2) is 10.8. The van der Waals surface area contributed by atoms with Gasteiger partial charge in [0.2, 0.25) is 0 Å². The van der Waals surface area contributed by atoms with Gasteiger partial charge >= 0.3 is 0 Å². The topological polar surface area (TPSA) is 72.3 Å². The van der Waals surface area contributed by atoms with Crippen LogP contribution in [0.4, 0.5) is 0 Å². The monoisotopic (exact) mass is 398 g/mol. The molecule has 0 saturated carbocycles. The lowest BCUT2D eigenvalue weighted by Gasteiger charge is -2.17. The number of aliphatic hydroxyl groups is 1. The molecule has 6 nitrogen and oxygen atoms in total. The fraction of sp³-hybridized carbons (Fsp3) is 0.435. The lowest BCUT2D eigenvalue weighted by atomic mass is 9.90. The van der Waals surface area contributed by atoms with Crippen molar-refractivity contribution in [3.63, 3.8) is 0 Å². The summed E-state index contributed by atoms with van der Waals surface area (Å²) < 4.78 is 10.6. The van der Waals surface area contributed by atoms with Crippen molar-refractivity contribution in [2.24, 2.45) is 5.16 Å². The standard InChI is InChI=1S/C23H30N2O4/c1-27-22-11-10-17(14-23(22)28-2)12-13-24-15-19(26)16-29-25-21-9-5-7-18-6-3-4-8-20(18)21/h3-4,6,8,10-11,14,19,24,26H,5,7,9,12-13,15-16H2,1-2H3/b25-21+. The molecular weight excluding hydrogens is 368 g/mol. The maximum Gasteiger partial charge on any atom is 0.160 e. The molecule has 1 atom stereocenters. The van der Waals surface area contributed by atoms with E-state index in [1.165, 1.54) is 11.1 Å². The van der Waals surface area contributed by atoms with Crippen LogP contribution in [0.5, 0.6) is 11.5 Å². The van der Waals surface area contributed by atoms with Gasteiger partial charge in [0, 0.05) is 12.1 Å². The summed E-state index contributed by atoms with van der Waals surface area (Å²) in [5, 5.41) is 17.7. The Morgan fingerprint density at radius 3 is 2.72 bits per heavy atom. The zero-order chi connectivity index (χ0) is 20.5. The van der Waals surface area contributed by atoms with Gasteiger partial charge < -0.3 is 24.7 Å². The van der Waals surface area contributed by atoms with Crippen LogP contribution < -0.4 is 14.8 Å². The Morgan fingerprint density at radius 2 is 1.90 bits per heavy atom. The molecule has 1 unspecified atom stereocenters. The van der Waals surface area contributed by atoms with Gasteiger partial charge in [0.25, 0.3) is 0 Å². The first-order valence-electron chi connectivity index (χ1n) is 10.1. The summed E-state index contributed by atoms with van der Waals surface area (Å²) in [5.41, 5.74) is 4.60. The van der Waals surface area contributed by atoms with E-state index in [0.717, 1.165) is 55.0 Å². The Bertz CT molecular complexity index is 822. The maximum atomic E-state index is 10.1. The Labute approximate surface area is 172 Å². The van der Waals surface area contributed by atoms with Crippen LogP contribution in [0.25, 0.3) is 0 Å². The van der Waals surface area contributed by atoms with Crippen molar-refractivity contribution in [3.05, 3.63) is 59.2 Å². The molecule has 0 aromatic heterocycles. The molecule has 6 heteroatoms. The Hall–Kier alpha value is -2.57. The number of rotatable bonds is 10. The van der Waals surface area contributed by atoms with Crippen molar-refractivity contribution >= 4 is 5.71 Å². The number of hydrogen-bond donors (Lipinski definition) is 2.